The van der Waals surface area contributed by atoms with Crippen LogP contribution in [-0.4, -0.2) is 53.0 Å². The predicted octanol–water partition coefficient (Wildman–Crippen LogP) is 3.10. The summed E-state index contributed by atoms with van der Waals surface area (Å²) in [6, 6.07) is 10.4. The molecule has 27 heavy (non-hydrogen) atoms. The Hall–Kier alpha value is -1.88. The smallest absolute Gasteiger partial charge is 0.308 e. The van der Waals surface area contributed by atoms with Crippen molar-refractivity contribution in [3.05, 3.63) is 35.9 Å². The number of aliphatic carboxylic acids is 1. The summed E-state index contributed by atoms with van der Waals surface area (Å²) in [5, 5.41) is 9.33. The van der Waals surface area contributed by atoms with Gasteiger partial charge in [0.25, 0.3) is 0 Å². The third kappa shape index (κ3) is 5.10. The first-order valence-corrected chi connectivity index (χ1v) is 10.2. The highest BCUT2D eigenvalue weighted by Crippen LogP contribution is 2.32. The average molecular weight is 373 g/mol. The lowest BCUT2D eigenvalue weighted by molar-refractivity contribution is -0.147. The van der Waals surface area contributed by atoms with Crippen molar-refractivity contribution in [2.45, 2.75) is 39.7 Å². The molecular weight excluding hydrogens is 340 g/mol. The SMILES string of the molecule is CC(C)C[C@@H]1CN(Cc2ccccc2)C[C@H]1C(=O)N1CCCC(C(=O)O)C1. The fraction of sp³-hybridized carbons (Fsp3) is 0.636. The fourth-order valence-corrected chi connectivity index (χ4v) is 4.67. The van der Waals surface area contributed by atoms with E-state index in [2.05, 4.69) is 43.0 Å². The Labute approximate surface area is 162 Å². The molecule has 3 rings (SSSR count). The third-order valence-electron chi connectivity index (χ3n) is 5.94. The number of carboxylic acid groups (broad SMARTS) is 1. The van der Waals surface area contributed by atoms with Crippen LogP contribution in [-0.2, 0) is 16.1 Å². The van der Waals surface area contributed by atoms with E-state index < -0.39 is 11.9 Å². The molecule has 2 fully saturated rings. The maximum absolute atomic E-state index is 13.3. The van der Waals surface area contributed by atoms with Crippen molar-refractivity contribution in [2.24, 2.45) is 23.7 Å². The van der Waals surface area contributed by atoms with Gasteiger partial charge in [-0.25, -0.2) is 0 Å². The standard InChI is InChI=1S/C22H32N2O3/c1-16(2)11-19-13-23(12-17-7-4-3-5-8-17)15-20(19)21(25)24-10-6-9-18(14-24)22(26)27/h3-5,7-8,16,18-20H,6,9-15H2,1-2H3,(H,26,27)/t18?,19-,20-/m1/s1. The molecule has 1 unspecified atom stereocenters. The zero-order valence-corrected chi connectivity index (χ0v) is 16.5. The van der Waals surface area contributed by atoms with Gasteiger partial charge >= 0.3 is 5.97 Å². The van der Waals surface area contributed by atoms with Crippen molar-refractivity contribution < 1.29 is 14.7 Å². The summed E-state index contributed by atoms with van der Waals surface area (Å²) >= 11 is 0. The first kappa shape index (κ1) is 19.9. The van der Waals surface area contributed by atoms with Gasteiger partial charge in [-0.2, -0.15) is 0 Å². The summed E-state index contributed by atoms with van der Waals surface area (Å²) in [7, 11) is 0. The van der Waals surface area contributed by atoms with E-state index in [9.17, 15) is 14.7 Å². The van der Waals surface area contributed by atoms with E-state index >= 15 is 0 Å². The van der Waals surface area contributed by atoms with Crippen LogP contribution in [0, 0.1) is 23.7 Å². The van der Waals surface area contributed by atoms with E-state index in [4.69, 9.17) is 0 Å². The number of benzene rings is 1. The fourth-order valence-electron chi connectivity index (χ4n) is 4.67. The molecule has 0 aromatic heterocycles. The highest BCUT2D eigenvalue weighted by Gasteiger charge is 2.41. The van der Waals surface area contributed by atoms with Crippen LogP contribution in [0.3, 0.4) is 0 Å². The Morgan fingerprint density at radius 1 is 1.15 bits per heavy atom. The number of amides is 1. The summed E-state index contributed by atoms with van der Waals surface area (Å²) in [6.07, 6.45) is 2.51. The summed E-state index contributed by atoms with van der Waals surface area (Å²) in [5.74, 6) is -0.122. The van der Waals surface area contributed by atoms with Crippen LogP contribution in [0.5, 0.6) is 0 Å². The average Bonchev–Trinajstić information content (AvgIpc) is 3.03. The van der Waals surface area contributed by atoms with Gasteiger partial charge in [0.15, 0.2) is 0 Å². The van der Waals surface area contributed by atoms with Crippen LogP contribution in [0.25, 0.3) is 0 Å². The zero-order valence-electron chi connectivity index (χ0n) is 16.5. The van der Waals surface area contributed by atoms with Gasteiger partial charge in [0, 0.05) is 32.7 Å². The summed E-state index contributed by atoms with van der Waals surface area (Å²) in [4.78, 5) is 28.8. The molecule has 5 heteroatoms. The number of nitrogens with zero attached hydrogens (tertiary/aromatic N) is 2. The molecule has 1 aromatic rings. The zero-order chi connectivity index (χ0) is 19.4. The van der Waals surface area contributed by atoms with Crippen molar-refractivity contribution in [1.29, 1.82) is 0 Å². The van der Waals surface area contributed by atoms with Crippen molar-refractivity contribution in [3.8, 4) is 0 Å². The minimum absolute atomic E-state index is 0.0105. The van der Waals surface area contributed by atoms with Crippen molar-refractivity contribution in [2.75, 3.05) is 26.2 Å². The maximum atomic E-state index is 13.3. The van der Waals surface area contributed by atoms with Gasteiger partial charge in [-0.15, -0.1) is 0 Å². The molecule has 0 aliphatic carbocycles. The maximum Gasteiger partial charge on any atom is 0.308 e. The summed E-state index contributed by atoms with van der Waals surface area (Å²) < 4.78 is 0. The molecular formula is C22H32N2O3. The summed E-state index contributed by atoms with van der Waals surface area (Å²) in [6.45, 7) is 8.09. The van der Waals surface area contributed by atoms with Gasteiger partial charge in [0.1, 0.15) is 0 Å². The Morgan fingerprint density at radius 2 is 1.89 bits per heavy atom. The van der Waals surface area contributed by atoms with E-state index in [0.717, 1.165) is 32.5 Å². The topological polar surface area (TPSA) is 60.9 Å². The lowest BCUT2D eigenvalue weighted by Gasteiger charge is -2.34. The highest BCUT2D eigenvalue weighted by molar-refractivity contribution is 5.81. The number of hydrogen-bond donors (Lipinski definition) is 1. The van der Waals surface area contributed by atoms with Crippen LogP contribution in [0.1, 0.15) is 38.7 Å². The minimum Gasteiger partial charge on any atom is -0.481 e. The van der Waals surface area contributed by atoms with Gasteiger partial charge in [-0.3, -0.25) is 14.5 Å². The van der Waals surface area contributed by atoms with E-state index in [0.29, 0.717) is 31.3 Å². The summed E-state index contributed by atoms with van der Waals surface area (Å²) in [5.41, 5.74) is 1.28. The molecule has 1 N–H and O–H groups in total. The van der Waals surface area contributed by atoms with Gasteiger partial charge in [-0.05, 0) is 36.7 Å². The van der Waals surface area contributed by atoms with E-state index in [1.165, 1.54) is 5.56 Å². The first-order valence-electron chi connectivity index (χ1n) is 10.2. The van der Waals surface area contributed by atoms with Crippen molar-refractivity contribution in [1.82, 2.24) is 9.80 Å². The molecule has 1 amide bonds. The lowest BCUT2D eigenvalue weighted by Crippen LogP contribution is -2.46. The predicted molar refractivity (Wildman–Crippen MR) is 105 cm³/mol. The van der Waals surface area contributed by atoms with Crippen LogP contribution < -0.4 is 0 Å². The molecule has 5 nitrogen and oxygen atoms in total. The molecule has 1 aromatic carbocycles. The minimum atomic E-state index is -0.775. The van der Waals surface area contributed by atoms with Crippen LogP contribution >= 0.6 is 0 Å². The molecule has 2 aliphatic rings. The van der Waals surface area contributed by atoms with Gasteiger partial charge in [-0.1, -0.05) is 44.2 Å². The third-order valence-corrected chi connectivity index (χ3v) is 5.94. The Balaban J connectivity index is 1.68. The molecule has 2 saturated heterocycles. The highest BCUT2D eigenvalue weighted by atomic mass is 16.4. The molecule has 0 saturated carbocycles. The second-order valence-corrected chi connectivity index (χ2v) is 8.64. The Bertz CT molecular complexity index is 646. The normalized spacial score (nSPS) is 26.5. The monoisotopic (exact) mass is 372 g/mol. The molecule has 2 aliphatic heterocycles. The number of likely N-dealkylation sites (tertiary alicyclic amines) is 2. The first-order chi connectivity index (χ1) is 12.9. The molecule has 0 spiro atoms. The number of carbonyl (C=O) groups is 2. The number of carbonyl (C=O) groups excluding carboxylic acids is 1. The Morgan fingerprint density at radius 3 is 2.56 bits per heavy atom. The van der Waals surface area contributed by atoms with Crippen LogP contribution in [0.15, 0.2) is 30.3 Å². The molecule has 148 valence electrons. The van der Waals surface area contributed by atoms with Crippen molar-refractivity contribution in [3.63, 3.8) is 0 Å². The lowest BCUT2D eigenvalue weighted by atomic mass is 9.86. The van der Waals surface area contributed by atoms with Gasteiger partial charge < -0.3 is 10.0 Å². The molecule has 0 bridgehead atoms. The van der Waals surface area contributed by atoms with Crippen LogP contribution in [0.4, 0.5) is 0 Å². The van der Waals surface area contributed by atoms with Crippen LogP contribution in [0.2, 0.25) is 0 Å². The van der Waals surface area contributed by atoms with Gasteiger partial charge in [0.05, 0.1) is 11.8 Å². The second kappa shape index (κ2) is 8.87. The molecule has 0 radical (unpaired) electrons. The number of hydrogen-bond acceptors (Lipinski definition) is 3. The number of rotatable bonds is 6. The van der Waals surface area contributed by atoms with Gasteiger partial charge in [0.2, 0.25) is 5.91 Å². The largest absolute Gasteiger partial charge is 0.481 e. The molecule has 3 atom stereocenters. The van der Waals surface area contributed by atoms with E-state index in [1.807, 2.05) is 11.0 Å². The van der Waals surface area contributed by atoms with E-state index in [1.54, 1.807) is 0 Å². The Kier molecular flexibility index (Phi) is 6.53. The van der Waals surface area contributed by atoms with E-state index in [-0.39, 0.29) is 11.8 Å². The van der Waals surface area contributed by atoms with Crippen molar-refractivity contribution >= 4 is 11.9 Å². The quantitative estimate of drug-likeness (QED) is 0.834. The second-order valence-electron chi connectivity index (χ2n) is 8.64. The number of carboxylic acids is 1. The molecule has 2 heterocycles. The number of piperidine rings is 1.